The van der Waals surface area contributed by atoms with Gasteiger partial charge in [0.15, 0.2) is 0 Å². The number of carboxylic acid groups (broad SMARTS) is 1. The van der Waals surface area contributed by atoms with Crippen molar-refractivity contribution < 1.29 is 14.7 Å². The molecule has 0 aliphatic carbocycles. The average molecular weight is 285 g/mol. The highest BCUT2D eigenvalue weighted by atomic mass is 16.4. The SMILES string of the molecule is N#CCCN(CCC#N)C(=O)Cc1ccccc1C(=O)O. The number of carbonyl (C=O) groups excluding carboxylic acids is 1. The molecule has 6 heteroatoms. The lowest BCUT2D eigenvalue weighted by Crippen LogP contribution is -2.34. The van der Waals surface area contributed by atoms with E-state index in [1.807, 2.05) is 12.1 Å². The van der Waals surface area contributed by atoms with E-state index in [0.717, 1.165) is 0 Å². The normalized spacial score (nSPS) is 9.43. The standard InChI is InChI=1S/C15H15N3O3/c16-7-3-9-18(10-4-8-17)14(19)11-12-5-1-2-6-13(12)15(20)21/h1-2,5-6H,3-4,9-11H2,(H,20,21). The largest absolute Gasteiger partial charge is 0.478 e. The molecule has 108 valence electrons. The van der Waals surface area contributed by atoms with Crippen molar-refractivity contribution in [3.63, 3.8) is 0 Å². The van der Waals surface area contributed by atoms with Crippen LogP contribution in [0.5, 0.6) is 0 Å². The second-order valence-corrected chi connectivity index (χ2v) is 4.34. The van der Waals surface area contributed by atoms with Gasteiger partial charge in [-0.25, -0.2) is 4.79 Å². The summed E-state index contributed by atoms with van der Waals surface area (Å²) >= 11 is 0. The van der Waals surface area contributed by atoms with Crippen molar-refractivity contribution in [3.8, 4) is 12.1 Å². The molecule has 0 spiro atoms. The van der Waals surface area contributed by atoms with Gasteiger partial charge in [0, 0.05) is 13.1 Å². The Kier molecular flexibility index (Phi) is 6.43. The quantitative estimate of drug-likeness (QED) is 0.818. The van der Waals surface area contributed by atoms with Gasteiger partial charge < -0.3 is 10.0 Å². The molecule has 6 nitrogen and oxygen atoms in total. The van der Waals surface area contributed by atoms with E-state index in [1.54, 1.807) is 18.2 Å². The van der Waals surface area contributed by atoms with Gasteiger partial charge in [-0.05, 0) is 11.6 Å². The summed E-state index contributed by atoms with van der Waals surface area (Å²) in [4.78, 5) is 24.7. The van der Waals surface area contributed by atoms with Crippen molar-refractivity contribution in [2.24, 2.45) is 0 Å². The van der Waals surface area contributed by atoms with E-state index in [9.17, 15) is 9.59 Å². The summed E-state index contributed by atoms with van der Waals surface area (Å²) in [5.41, 5.74) is 0.514. The van der Waals surface area contributed by atoms with Crippen LogP contribution in [0.3, 0.4) is 0 Å². The molecule has 21 heavy (non-hydrogen) atoms. The summed E-state index contributed by atoms with van der Waals surface area (Å²) in [7, 11) is 0. The summed E-state index contributed by atoms with van der Waals surface area (Å²) in [6.07, 6.45) is 0.300. The Balaban J connectivity index is 2.84. The van der Waals surface area contributed by atoms with E-state index in [2.05, 4.69) is 0 Å². The summed E-state index contributed by atoms with van der Waals surface area (Å²) in [5.74, 6) is -1.37. The third-order valence-electron chi connectivity index (χ3n) is 2.93. The van der Waals surface area contributed by atoms with Crippen LogP contribution in [0.25, 0.3) is 0 Å². The number of carboxylic acids is 1. The number of hydrogen-bond donors (Lipinski definition) is 1. The van der Waals surface area contributed by atoms with E-state index in [1.165, 1.54) is 11.0 Å². The van der Waals surface area contributed by atoms with Crippen LogP contribution in [-0.2, 0) is 11.2 Å². The van der Waals surface area contributed by atoms with Crippen LogP contribution >= 0.6 is 0 Å². The predicted octanol–water partition coefficient (Wildman–Crippen LogP) is 1.58. The first-order valence-corrected chi connectivity index (χ1v) is 6.43. The van der Waals surface area contributed by atoms with Crippen LogP contribution in [0.2, 0.25) is 0 Å². The van der Waals surface area contributed by atoms with Gasteiger partial charge in [-0.1, -0.05) is 18.2 Å². The number of carbonyl (C=O) groups is 2. The first kappa shape index (κ1) is 16.2. The number of nitrogens with zero attached hydrogens (tertiary/aromatic N) is 3. The number of rotatable bonds is 7. The molecule has 1 aromatic carbocycles. The second kappa shape index (κ2) is 8.34. The maximum atomic E-state index is 12.2. The lowest BCUT2D eigenvalue weighted by atomic mass is 10.0. The minimum absolute atomic E-state index is 0.0562. The molecule has 0 aliphatic rings. The van der Waals surface area contributed by atoms with Gasteiger partial charge in [0.2, 0.25) is 5.91 Å². The van der Waals surface area contributed by atoms with Crippen molar-refractivity contribution in [1.29, 1.82) is 10.5 Å². The van der Waals surface area contributed by atoms with Crippen LogP contribution < -0.4 is 0 Å². The molecular weight excluding hydrogens is 270 g/mol. The Hall–Kier alpha value is -2.86. The zero-order valence-electron chi connectivity index (χ0n) is 11.5. The summed E-state index contributed by atoms with van der Waals surface area (Å²) in [6, 6.07) is 10.2. The van der Waals surface area contributed by atoms with Crippen molar-refractivity contribution in [1.82, 2.24) is 4.90 Å². The molecule has 0 aromatic heterocycles. The molecule has 0 fully saturated rings. The molecule has 1 rings (SSSR count). The zero-order chi connectivity index (χ0) is 15.7. The first-order valence-electron chi connectivity index (χ1n) is 6.43. The van der Waals surface area contributed by atoms with Crippen molar-refractivity contribution in [2.45, 2.75) is 19.3 Å². The summed E-state index contributed by atoms with van der Waals surface area (Å²) < 4.78 is 0. The van der Waals surface area contributed by atoms with E-state index < -0.39 is 5.97 Å². The lowest BCUT2D eigenvalue weighted by Gasteiger charge is -2.20. The molecule has 1 aromatic rings. The minimum Gasteiger partial charge on any atom is -0.478 e. The summed E-state index contributed by atoms with van der Waals surface area (Å²) in [5, 5.41) is 26.3. The maximum absolute atomic E-state index is 12.2. The van der Waals surface area contributed by atoms with Crippen molar-refractivity contribution >= 4 is 11.9 Å². The molecule has 0 aliphatic heterocycles. The van der Waals surface area contributed by atoms with Gasteiger partial charge in [0.05, 0.1) is 37.0 Å². The van der Waals surface area contributed by atoms with Crippen LogP contribution in [0.1, 0.15) is 28.8 Å². The highest BCUT2D eigenvalue weighted by Crippen LogP contribution is 2.11. The van der Waals surface area contributed by atoms with Gasteiger partial charge in [-0.15, -0.1) is 0 Å². The molecule has 0 heterocycles. The van der Waals surface area contributed by atoms with Crippen LogP contribution in [0, 0.1) is 22.7 Å². The molecule has 0 atom stereocenters. The van der Waals surface area contributed by atoms with E-state index in [0.29, 0.717) is 5.56 Å². The van der Waals surface area contributed by atoms with Gasteiger partial charge in [0.25, 0.3) is 0 Å². The number of nitriles is 2. The van der Waals surface area contributed by atoms with E-state index >= 15 is 0 Å². The molecule has 0 saturated heterocycles. The molecule has 0 saturated carbocycles. The van der Waals surface area contributed by atoms with E-state index in [4.69, 9.17) is 15.6 Å². The fourth-order valence-electron chi connectivity index (χ4n) is 1.89. The molecular formula is C15H15N3O3. The Morgan fingerprint density at radius 2 is 1.67 bits per heavy atom. The minimum atomic E-state index is -1.08. The molecule has 0 unspecified atom stereocenters. The van der Waals surface area contributed by atoms with Crippen molar-refractivity contribution in [2.75, 3.05) is 13.1 Å². The maximum Gasteiger partial charge on any atom is 0.335 e. The monoisotopic (exact) mass is 285 g/mol. The van der Waals surface area contributed by atoms with E-state index in [-0.39, 0.29) is 43.8 Å². The molecule has 0 radical (unpaired) electrons. The molecule has 1 amide bonds. The van der Waals surface area contributed by atoms with Gasteiger partial charge >= 0.3 is 5.97 Å². The highest BCUT2D eigenvalue weighted by Gasteiger charge is 2.17. The fourth-order valence-corrected chi connectivity index (χ4v) is 1.89. The van der Waals surface area contributed by atoms with Crippen molar-refractivity contribution in [3.05, 3.63) is 35.4 Å². The highest BCUT2D eigenvalue weighted by molar-refractivity contribution is 5.91. The Bertz CT molecular complexity index is 581. The smallest absolute Gasteiger partial charge is 0.335 e. The topological polar surface area (TPSA) is 105 Å². The summed E-state index contributed by atoms with van der Waals surface area (Å²) in [6.45, 7) is 0.485. The van der Waals surface area contributed by atoms with Crippen LogP contribution in [-0.4, -0.2) is 35.0 Å². The molecule has 0 bridgehead atoms. The average Bonchev–Trinajstić information content (AvgIpc) is 2.47. The first-order chi connectivity index (χ1) is 10.1. The van der Waals surface area contributed by atoms with Gasteiger partial charge in [0.1, 0.15) is 0 Å². The third kappa shape index (κ3) is 4.96. The van der Waals surface area contributed by atoms with Crippen LogP contribution in [0.15, 0.2) is 24.3 Å². The Morgan fingerprint density at radius 3 is 2.19 bits per heavy atom. The van der Waals surface area contributed by atoms with Gasteiger partial charge in [-0.2, -0.15) is 10.5 Å². The number of benzene rings is 1. The third-order valence-corrected chi connectivity index (χ3v) is 2.93. The number of amides is 1. The fraction of sp³-hybridized carbons (Fsp3) is 0.333. The number of aromatic carboxylic acids is 1. The Morgan fingerprint density at radius 1 is 1.10 bits per heavy atom. The second-order valence-electron chi connectivity index (χ2n) is 4.34. The predicted molar refractivity (Wildman–Crippen MR) is 74.1 cm³/mol. The number of hydrogen-bond acceptors (Lipinski definition) is 4. The molecule has 1 N–H and O–H groups in total. The Labute approximate surface area is 122 Å². The lowest BCUT2D eigenvalue weighted by molar-refractivity contribution is -0.130. The van der Waals surface area contributed by atoms with Crippen LogP contribution in [0.4, 0.5) is 0 Å². The zero-order valence-corrected chi connectivity index (χ0v) is 11.5. The van der Waals surface area contributed by atoms with Gasteiger partial charge in [-0.3, -0.25) is 4.79 Å².